The fraction of sp³-hybridized carbons (Fsp3) is 0.0714. The Morgan fingerprint density at radius 2 is 0.875 bits per heavy atom. The van der Waals surface area contributed by atoms with Crippen LogP contribution in [0.25, 0.3) is 0 Å². The molecule has 1 aliphatic rings. The molecule has 0 atom stereocenters. The summed E-state index contributed by atoms with van der Waals surface area (Å²) in [6.45, 7) is 0. The standard InChI is InChI=1S/C28H22Cl2N2/c1-31-25-15-13-21(29)17-23(25)28(20-11-7-4-8-12-20)32(2)26-16-14-22(30)18-24(26)27(31)19-9-5-3-6-10-19/h3-18H,1-2H3/q+2. The lowest BCUT2D eigenvalue weighted by molar-refractivity contribution is -0.416. The fourth-order valence-electron chi connectivity index (χ4n) is 4.47. The van der Waals surface area contributed by atoms with Gasteiger partial charge in [-0.2, -0.15) is 9.15 Å². The molecule has 0 saturated heterocycles. The summed E-state index contributed by atoms with van der Waals surface area (Å²) in [4.78, 5) is 0. The summed E-state index contributed by atoms with van der Waals surface area (Å²) in [6, 6.07) is 33.0. The van der Waals surface area contributed by atoms with Crippen LogP contribution in [0, 0.1) is 0 Å². The van der Waals surface area contributed by atoms with Crippen molar-refractivity contribution >= 4 is 46.0 Å². The Bertz CT molecular complexity index is 1280. The van der Waals surface area contributed by atoms with Crippen molar-refractivity contribution in [1.29, 1.82) is 0 Å². The van der Waals surface area contributed by atoms with Gasteiger partial charge in [-0.05, 0) is 48.5 Å². The summed E-state index contributed by atoms with van der Waals surface area (Å²) in [5.74, 6) is 0. The number of rotatable bonds is 2. The van der Waals surface area contributed by atoms with Crippen LogP contribution >= 0.6 is 23.2 Å². The number of fused-ring (bicyclic) bond motifs is 2. The second-order valence-electron chi connectivity index (χ2n) is 7.87. The lowest BCUT2D eigenvalue weighted by Crippen LogP contribution is -2.26. The Labute approximate surface area is 198 Å². The highest BCUT2D eigenvalue weighted by Gasteiger charge is 2.34. The van der Waals surface area contributed by atoms with E-state index in [0.29, 0.717) is 10.0 Å². The molecule has 1 aliphatic heterocycles. The van der Waals surface area contributed by atoms with Crippen molar-refractivity contribution in [3.63, 3.8) is 0 Å². The van der Waals surface area contributed by atoms with Gasteiger partial charge in [0.2, 0.25) is 22.8 Å². The van der Waals surface area contributed by atoms with Crippen LogP contribution in [0.4, 0.5) is 11.4 Å². The van der Waals surface area contributed by atoms with Gasteiger partial charge in [0.1, 0.15) is 25.2 Å². The number of benzene rings is 4. The van der Waals surface area contributed by atoms with Crippen LogP contribution in [0.1, 0.15) is 22.3 Å². The smallest absolute Gasteiger partial charge is 0.193 e. The zero-order valence-corrected chi connectivity index (χ0v) is 19.4. The average Bonchev–Trinajstić information content (AvgIpc) is 2.80. The first-order valence-corrected chi connectivity index (χ1v) is 11.2. The maximum Gasteiger partial charge on any atom is 0.226 e. The highest BCUT2D eigenvalue weighted by atomic mass is 35.5. The van der Waals surface area contributed by atoms with Gasteiger partial charge in [0, 0.05) is 33.3 Å². The molecule has 0 N–H and O–H groups in total. The Balaban J connectivity index is 1.96. The molecule has 4 heteroatoms. The predicted octanol–water partition coefficient (Wildman–Crippen LogP) is 6.93. The zero-order valence-electron chi connectivity index (χ0n) is 17.9. The summed E-state index contributed by atoms with van der Waals surface area (Å²) >= 11 is 13.0. The molecular formula is C28H22Cl2N2+2. The van der Waals surface area contributed by atoms with Gasteiger partial charge in [-0.1, -0.05) is 59.6 Å². The maximum atomic E-state index is 6.52. The van der Waals surface area contributed by atoms with Gasteiger partial charge in [-0.25, -0.2) is 0 Å². The molecule has 0 aliphatic carbocycles. The van der Waals surface area contributed by atoms with E-state index in [4.69, 9.17) is 23.2 Å². The minimum absolute atomic E-state index is 0.706. The molecule has 32 heavy (non-hydrogen) atoms. The summed E-state index contributed by atoms with van der Waals surface area (Å²) in [6.07, 6.45) is 0. The highest BCUT2D eigenvalue weighted by Crippen LogP contribution is 2.34. The number of nitrogens with zero attached hydrogens (tertiary/aromatic N) is 2. The normalized spacial score (nSPS) is 13.4. The summed E-state index contributed by atoms with van der Waals surface area (Å²) in [5, 5.41) is 1.41. The van der Waals surface area contributed by atoms with Gasteiger partial charge in [-0.15, -0.1) is 0 Å². The van der Waals surface area contributed by atoms with Crippen LogP contribution in [0.5, 0.6) is 0 Å². The molecule has 0 saturated carbocycles. The second-order valence-corrected chi connectivity index (χ2v) is 8.74. The van der Waals surface area contributed by atoms with E-state index in [1.54, 1.807) is 0 Å². The minimum atomic E-state index is 0.706. The van der Waals surface area contributed by atoms with Gasteiger partial charge < -0.3 is 0 Å². The molecule has 0 bridgehead atoms. The fourth-order valence-corrected chi connectivity index (χ4v) is 4.82. The van der Waals surface area contributed by atoms with Crippen molar-refractivity contribution in [3.8, 4) is 0 Å². The summed E-state index contributed by atoms with van der Waals surface area (Å²) < 4.78 is 4.48. The van der Waals surface area contributed by atoms with Crippen LogP contribution in [0.2, 0.25) is 10.0 Å². The van der Waals surface area contributed by atoms with Gasteiger partial charge in [-0.3, -0.25) is 0 Å². The van der Waals surface area contributed by atoms with E-state index in [2.05, 4.69) is 96.0 Å². The van der Waals surface area contributed by atoms with E-state index in [9.17, 15) is 0 Å². The second kappa shape index (κ2) is 8.38. The SMILES string of the molecule is C[N+]1=C(c2ccccc2)c2cc(Cl)ccc2[N+](C)=C(c2ccccc2)c2cc(Cl)ccc21. The molecule has 0 spiro atoms. The molecule has 0 aromatic heterocycles. The van der Waals surface area contributed by atoms with Gasteiger partial charge in [0.15, 0.2) is 0 Å². The Hall–Kier alpha value is -3.20. The number of hydrogen-bond acceptors (Lipinski definition) is 0. The Kier molecular flexibility index (Phi) is 5.42. The predicted molar refractivity (Wildman–Crippen MR) is 134 cm³/mol. The van der Waals surface area contributed by atoms with Gasteiger partial charge in [0.25, 0.3) is 0 Å². The molecule has 0 radical (unpaired) electrons. The molecule has 4 aromatic rings. The third kappa shape index (κ3) is 3.56. The van der Waals surface area contributed by atoms with Crippen LogP contribution < -0.4 is 0 Å². The van der Waals surface area contributed by atoms with Crippen molar-refractivity contribution < 1.29 is 9.15 Å². The first kappa shape index (κ1) is 20.7. The van der Waals surface area contributed by atoms with Gasteiger partial charge >= 0.3 is 0 Å². The Morgan fingerprint density at radius 1 is 0.500 bits per heavy atom. The zero-order chi connectivity index (χ0) is 22.2. The van der Waals surface area contributed by atoms with Crippen LogP contribution in [0.15, 0.2) is 97.1 Å². The number of halogens is 2. The molecule has 156 valence electrons. The van der Waals surface area contributed by atoms with Crippen LogP contribution in [-0.2, 0) is 0 Å². The lowest BCUT2D eigenvalue weighted by atomic mass is 9.94. The van der Waals surface area contributed by atoms with E-state index < -0.39 is 0 Å². The third-order valence-corrected chi connectivity index (χ3v) is 6.39. The van der Waals surface area contributed by atoms with Crippen molar-refractivity contribution in [2.45, 2.75) is 0 Å². The summed E-state index contributed by atoms with van der Waals surface area (Å²) in [7, 11) is 4.21. The quantitative estimate of drug-likeness (QED) is 0.288. The first-order chi connectivity index (χ1) is 15.5. The van der Waals surface area contributed by atoms with E-state index >= 15 is 0 Å². The van der Waals surface area contributed by atoms with E-state index in [0.717, 1.165) is 45.1 Å². The highest BCUT2D eigenvalue weighted by molar-refractivity contribution is 6.32. The molecule has 0 fully saturated rings. The molecule has 0 unspecified atom stereocenters. The van der Waals surface area contributed by atoms with E-state index in [-0.39, 0.29) is 0 Å². The maximum absolute atomic E-state index is 6.52. The van der Waals surface area contributed by atoms with Crippen LogP contribution in [-0.4, -0.2) is 34.7 Å². The van der Waals surface area contributed by atoms with Gasteiger partial charge in [0.05, 0.1) is 0 Å². The number of hydrogen-bond donors (Lipinski definition) is 0. The van der Waals surface area contributed by atoms with Crippen molar-refractivity contribution in [2.24, 2.45) is 0 Å². The minimum Gasteiger partial charge on any atom is -0.193 e. The average molecular weight is 457 g/mol. The molecule has 0 amide bonds. The van der Waals surface area contributed by atoms with Crippen molar-refractivity contribution in [3.05, 3.63) is 129 Å². The van der Waals surface area contributed by atoms with E-state index in [1.807, 2.05) is 24.3 Å². The molecule has 1 heterocycles. The molecule has 5 rings (SSSR count). The monoisotopic (exact) mass is 456 g/mol. The van der Waals surface area contributed by atoms with Crippen LogP contribution in [0.3, 0.4) is 0 Å². The van der Waals surface area contributed by atoms with Crippen molar-refractivity contribution in [2.75, 3.05) is 14.1 Å². The van der Waals surface area contributed by atoms with Crippen molar-refractivity contribution in [1.82, 2.24) is 0 Å². The first-order valence-electron chi connectivity index (χ1n) is 10.5. The molecular weight excluding hydrogens is 435 g/mol. The molecule has 4 aromatic carbocycles. The van der Waals surface area contributed by atoms with E-state index in [1.165, 1.54) is 0 Å². The largest absolute Gasteiger partial charge is 0.226 e. The summed E-state index contributed by atoms with van der Waals surface area (Å²) in [5.41, 5.74) is 8.71. The lowest BCUT2D eigenvalue weighted by Gasteiger charge is -2.17. The topological polar surface area (TPSA) is 6.02 Å². The third-order valence-electron chi connectivity index (χ3n) is 5.92. The molecule has 2 nitrogen and oxygen atoms in total. The Morgan fingerprint density at radius 3 is 1.25 bits per heavy atom.